The summed E-state index contributed by atoms with van der Waals surface area (Å²) in [7, 11) is 4.06. The highest BCUT2D eigenvalue weighted by Crippen LogP contribution is 2.20. The Labute approximate surface area is 92.5 Å². The van der Waals surface area contributed by atoms with Gasteiger partial charge in [0.15, 0.2) is 0 Å². The number of rotatable bonds is 4. The van der Waals surface area contributed by atoms with Crippen LogP contribution in [0.25, 0.3) is 0 Å². The van der Waals surface area contributed by atoms with Crippen LogP contribution in [0.2, 0.25) is 0 Å². The maximum atomic E-state index is 9.83. The average molecular weight is 210 g/mol. The lowest BCUT2D eigenvalue weighted by atomic mass is 9.93. The molecule has 3 nitrogen and oxygen atoms in total. The molecule has 1 aliphatic rings. The standard InChI is InChI=1S/C12H22N2O/c1-5-11(15)12-9(2)6-7-10(13-12)8-14(3)4/h7,9,11,15H,5-6,8H2,1-4H3/t9-,11?/m0/s1. The SMILES string of the molecule is CCC(O)C1=NC(CN(C)C)=CC[C@@H]1C. The van der Waals surface area contributed by atoms with Gasteiger partial charge in [0.2, 0.25) is 0 Å². The lowest BCUT2D eigenvalue weighted by Gasteiger charge is -2.23. The van der Waals surface area contributed by atoms with E-state index in [-0.39, 0.29) is 6.10 Å². The molecule has 1 unspecified atom stereocenters. The summed E-state index contributed by atoms with van der Waals surface area (Å²) in [4.78, 5) is 6.66. The van der Waals surface area contributed by atoms with Gasteiger partial charge in [-0.2, -0.15) is 0 Å². The molecule has 0 amide bonds. The monoisotopic (exact) mass is 210 g/mol. The van der Waals surface area contributed by atoms with Gasteiger partial charge >= 0.3 is 0 Å². The Morgan fingerprint density at radius 1 is 1.60 bits per heavy atom. The third-order valence-electron chi connectivity index (χ3n) is 2.69. The molecule has 2 atom stereocenters. The molecule has 0 spiro atoms. The zero-order valence-electron chi connectivity index (χ0n) is 10.2. The van der Waals surface area contributed by atoms with Crippen LogP contribution in [0.1, 0.15) is 26.7 Å². The van der Waals surface area contributed by atoms with Crippen molar-refractivity contribution in [3.05, 3.63) is 11.8 Å². The summed E-state index contributed by atoms with van der Waals surface area (Å²) in [5, 5.41) is 9.83. The first-order chi connectivity index (χ1) is 7.04. The number of nitrogens with zero attached hydrogens (tertiary/aromatic N) is 2. The molecule has 1 rings (SSSR count). The molecule has 0 aromatic rings. The third-order valence-corrected chi connectivity index (χ3v) is 2.69. The Morgan fingerprint density at radius 2 is 2.27 bits per heavy atom. The van der Waals surface area contributed by atoms with E-state index in [1.807, 2.05) is 21.0 Å². The van der Waals surface area contributed by atoms with E-state index in [0.717, 1.165) is 30.8 Å². The van der Waals surface area contributed by atoms with Crippen LogP contribution in [0.5, 0.6) is 0 Å². The number of aliphatic hydroxyl groups is 1. The Bertz CT molecular complexity index is 269. The molecule has 0 aliphatic carbocycles. The van der Waals surface area contributed by atoms with Crippen LogP contribution in [0.4, 0.5) is 0 Å². The van der Waals surface area contributed by atoms with E-state index in [2.05, 4.69) is 22.9 Å². The van der Waals surface area contributed by atoms with E-state index >= 15 is 0 Å². The quantitative estimate of drug-likeness (QED) is 0.766. The van der Waals surface area contributed by atoms with Crippen molar-refractivity contribution in [1.29, 1.82) is 0 Å². The summed E-state index contributed by atoms with van der Waals surface area (Å²) in [5.74, 6) is 0.380. The molecule has 0 bridgehead atoms. The minimum atomic E-state index is -0.370. The number of hydrogen-bond acceptors (Lipinski definition) is 3. The van der Waals surface area contributed by atoms with Crippen LogP contribution in [0, 0.1) is 5.92 Å². The van der Waals surface area contributed by atoms with Crippen molar-refractivity contribution in [2.45, 2.75) is 32.8 Å². The minimum absolute atomic E-state index is 0.370. The maximum absolute atomic E-state index is 9.83. The van der Waals surface area contributed by atoms with Crippen LogP contribution in [-0.4, -0.2) is 42.5 Å². The van der Waals surface area contributed by atoms with E-state index in [1.165, 1.54) is 0 Å². The summed E-state index contributed by atoms with van der Waals surface area (Å²) >= 11 is 0. The molecule has 0 radical (unpaired) electrons. The van der Waals surface area contributed by atoms with E-state index < -0.39 is 0 Å². The van der Waals surface area contributed by atoms with Crippen LogP contribution >= 0.6 is 0 Å². The second-order valence-corrected chi connectivity index (χ2v) is 4.53. The molecule has 0 aromatic carbocycles. The van der Waals surface area contributed by atoms with Gasteiger partial charge in [-0.1, -0.05) is 19.9 Å². The predicted octanol–water partition coefficient (Wildman–Crippen LogP) is 1.68. The van der Waals surface area contributed by atoms with Crippen molar-refractivity contribution < 1.29 is 5.11 Å². The predicted molar refractivity (Wildman–Crippen MR) is 64.2 cm³/mol. The zero-order chi connectivity index (χ0) is 11.4. The number of hydrogen-bond donors (Lipinski definition) is 1. The van der Waals surface area contributed by atoms with Crippen molar-refractivity contribution in [3.63, 3.8) is 0 Å². The molecular weight excluding hydrogens is 188 g/mol. The molecule has 0 fully saturated rings. The van der Waals surface area contributed by atoms with Gasteiger partial charge < -0.3 is 10.0 Å². The lowest BCUT2D eigenvalue weighted by molar-refractivity contribution is 0.230. The Morgan fingerprint density at radius 3 is 2.80 bits per heavy atom. The second-order valence-electron chi connectivity index (χ2n) is 4.53. The molecule has 1 aliphatic heterocycles. The first-order valence-corrected chi connectivity index (χ1v) is 5.64. The minimum Gasteiger partial charge on any atom is -0.387 e. The van der Waals surface area contributed by atoms with Crippen LogP contribution in [-0.2, 0) is 0 Å². The van der Waals surface area contributed by atoms with Gasteiger partial charge in [-0.05, 0) is 26.9 Å². The first-order valence-electron chi connectivity index (χ1n) is 5.64. The van der Waals surface area contributed by atoms with Gasteiger partial charge in [0.1, 0.15) is 0 Å². The van der Waals surface area contributed by atoms with Crippen molar-refractivity contribution >= 4 is 5.71 Å². The average Bonchev–Trinajstić information content (AvgIpc) is 2.19. The number of aliphatic imine (C=N–C) groups is 1. The molecule has 1 N–H and O–H groups in total. The lowest BCUT2D eigenvalue weighted by Crippen LogP contribution is -2.29. The fourth-order valence-electron chi connectivity index (χ4n) is 1.79. The van der Waals surface area contributed by atoms with Gasteiger partial charge in [-0.3, -0.25) is 4.99 Å². The molecule has 15 heavy (non-hydrogen) atoms. The van der Waals surface area contributed by atoms with Gasteiger partial charge in [0.05, 0.1) is 11.8 Å². The van der Waals surface area contributed by atoms with Crippen molar-refractivity contribution in [2.75, 3.05) is 20.6 Å². The summed E-state index contributed by atoms with van der Waals surface area (Å²) in [5.41, 5.74) is 2.04. The molecule has 1 heterocycles. The zero-order valence-corrected chi connectivity index (χ0v) is 10.2. The number of likely N-dealkylation sites (N-methyl/N-ethyl adjacent to an activating group) is 1. The van der Waals surface area contributed by atoms with Gasteiger partial charge in [0.25, 0.3) is 0 Å². The Kier molecular flexibility index (Phi) is 4.48. The normalized spacial score (nSPS) is 23.7. The number of allylic oxidation sites excluding steroid dienone is 1. The van der Waals surface area contributed by atoms with Crippen LogP contribution < -0.4 is 0 Å². The Hall–Kier alpha value is -0.670. The van der Waals surface area contributed by atoms with Crippen LogP contribution in [0.3, 0.4) is 0 Å². The summed E-state index contributed by atoms with van der Waals surface area (Å²) < 4.78 is 0. The first kappa shape index (κ1) is 12.4. The second kappa shape index (κ2) is 5.42. The summed E-state index contributed by atoms with van der Waals surface area (Å²) in [6.45, 7) is 4.97. The third kappa shape index (κ3) is 3.43. The highest BCUT2D eigenvalue weighted by atomic mass is 16.3. The molecule has 0 saturated carbocycles. The highest BCUT2D eigenvalue weighted by molar-refractivity contribution is 5.92. The highest BCUT2D eigenvalue weighted by Gasteiger charge is 2.21. The summed E-state index contributed by atoms with van der Waals surface area (Å²) in [6.07, 6.45) is 3.56. The molecule has 0 aromatic heterocycles. The van der Waals surface area contributed by atoms with Gasteiger partial charge in [-0.25, -0.2) is 0 Å². The molecule has 3 heteroatoms. The summed E-state index contributed by atoms with van der Waals surface area (Å²) in [6, 6.07) is 0. The van der Waals surface area contributed by atoms with E-state index in [0.29, 0.717) is 5.92 Å². The molecule has 86 valence electrons. The largest absolute Gasteiger partial charge is 0.387 e. The van der Waals surface area contributed by atoms with Crippen LogP contribution in [0.15, 0.2) is 16.8 Å². The fourth-order valence-corrected chi connectivity index (χ4v) is 1.79. The smallest absolute Gasteiger partial charge is 0.0921 e. The molecule has 0 saturated heterocycles. The maximum Gasteiger partial charge on any atom is 0.0921 e. The van der Waals surface area contributed by atoms with Crippen molar-refractivity contribution in [1.82, 2.24) is 4.90 Å². The van der Waals surface area contributed by atoms with Gasteiger partial charge in [-0.15, -0.1) is 0 Å². The van der Waals surface area contributed by atoms with Crippen molar-refractivity contribution in [3.8, 4) is 0 Å². The topological polar surface area (TPSA) is 35.8 Å². The Balaban J connectivity index is 2.75. The van der Waals surface area contributed by atoms with E-state index in [4.69, 9.17) is 0 Å². The molecular formula is C12H22N2O. The van der Waals surface area contributed by atoms with Crippen molar-refractivity contribution in [2.24, 2.45) is 10.9 Å². The fraction of sp³-hybridized carbons (Fsp3) is 0.750. The number of aliphatic hydroxyl groups excluding tert-OH is 1. The van der Waals surface area contributed by atoms with E-state index in [1.54, 1.807) is 0 Å². The van der Waals surface area contributed by atoms with Gasteiger partial charge in [0, 0.05) is 18.2 Å². The van der Waals surface area contributed by atoms with E-state index in [9.17, 15) is 5.11 Å².